The van der Waals surface area contributed by atoms with Gasteiger partial charge < -0.3 is 0 Å². The summed E-state index contributed by atoms with van der Waals surface area (Å²) in [4.78, 5) is 22.2. The van der Waals surface area contributed by atoms with Crippen LogP contribution in [-0.4, -0.2) is 27.8 Å². The van der Waals surface area contributed by atoms with Crippen molar-refractivity contribution in [2.75, 3.05) is 6.26 Å². The molecule has 0 atom stereocenters. The Bertz CT molecular complexity index is 990. The summed E-state index contributed by atoms with van der Waals surface area (Å²) in [5.41, 5.74) is 5.32. The van der Waals surface area contributed by atoms with E-state index in [-0.39, 0.29) is 0 Å². The van der Waals surface area contributed by atoms with Gasteiger partial charge in [0.2, 0.25) is 0 Å². The Morgan fingerprint density at radius 3 is 2.68 bits per heavy atom. The summed E-state index contributed by atoms with van der Waals surface area (Å²) in [6.45, 7) is 2.31. The first kappa shape index (κ1) is 15.8. The van der Waals surface area contributed by atoms with Crippen molar-refractivity contribution in [3.05, 3.63) is 76.9 Å². The molecule has 4 nitrogen and oxygen atoms in total. The number of thioether (sulfide) groups is 1. The standard InChI is InChI=1S/C20H17N3OS/c1-13-18(12-24)23-17-9-8-15(25-2)10-16(17)20(21-11-19(23)22-13)14-6-4-3-5-7-14/h3-10,12H,11H2,1-2H3. The second kappa shape index (κ2) is 6.33. The number of nitrogens with zero attached hydrogens (tertiary/aromatic N) is 3. The normalized spacial score (nSPS) is 12.8. The third kappa shape index (κ3) is 2.61. The Balaban J connectivity index is 2.02. The first-order valence-electron chi connectivity index (χ1n) is 8.05. The lowest BCUT2D eigenvalue weighted by molar-refractivity contribution is 0.111. The van der Waals surface area contributed by atoms with Gasteiger partial charge in [0.05, 0.1) is 23.6 Å². The minimum Gasteiger partial charge on any atom is -0.296 e. The van der Waals surface area contributed by atoms with Gasteiger partial charge in [-0.2, -0.15) is 0 Å². The number of aryl methyl sites for hydroxylation is 1. The molecule has 0 unspecified atom stereocenters. The highest BCUT2D eigenvalue weighted by Crippen LogP contribution is 2.30. The molecular weight excluding hydrogens is 330 g/mol. The van der Waals surface area contributed by atoms with E-state index in [4.69, 9.17) is 4.99 Å². The number of hydrogen-bond acceptors (Lipinski definition) is 4. The number of carbonyl (C=O) groups excluding carboxylic acids is 1. The minimum atomic E-state index is 0.447. The van der Waals surface area contributed by atoms with Gasteiger partial charge in [0.25, 0.3) is 0 Å². The Labute approximate surface area is 150 Å². The molecule has 4 rings (SSSR count). The summed E-state index contributed by atoms with van der Waals surface area (Å²) in [7, 11) is 0. The summed E-state index contributed by atoms with van der Waals surface area (Å²) < 4.78 is 1.95. The lowest BCUT2D eigenvalue weighted by atomic mass is 10.0. The van der Waals surface area contributed by atoms with Gasteiger partial charge in [0.1, 0.15) is 11.5 Å². The predicted octanol–water partition coefficient (Wildman–Crippen LogP) is 4.07. The van der Waals surface area contributed by atoms with Crippen LogP contribution in [-0.2, 0) is 6.54 Å². The molecule has 0 amide bonds. The van der Waals surface area contributed by atoms with E-state index in [1.165, 1.54) is 0 Å². The smallest absolute Gasteiger partial charge is 0.168 e. The summed E-state index contributed by atoms with van der Waals surface area (Å²) in [6, 6.07) is 16.4. The summed E-state index contributed by atoms with van der Waals surface area (Å²) in [5, 5.41) is 0. The molecule has 1 aliphatic rings. The van der Waals surface area contributed by atoms with Crippen molar-refractivity contribution in [3.8, 4) is 5.69 Å². The number of imidazole rings is 1. The average Bonchev–Trinajstić information content (AvgIpc) is 2.89. The maximum absolute atomic E-state index is 11.7. The molecule has 1 aromatic heterocycles. The van der Waals surface area contributed by atoms with Gasteiger partial charge in [-0.15, -0.1) is 11.8 Å². The van der Waals surface area contributed by atoms with Gasteiger partial charge in [0.15, 0.2) is 6.29 Å². The summed E-state index contributed by atoms with van der Waals surface area (Å²) in [5.74, 6) is 0.795. The van der Waals surface area contributed by atoms with Crippen LogP contribution < -0.4 is 0 Å². The van der Waals surface area contributed by atoms with E-state index in [0.29, 0.717) is 12.2 Å². The molecule has 0 fully saturated rings. The predicted molar refractivity (Wildman–Crippen MR) is 101 cm³/mol. The molecule has 124 valence electrons. The molecule has 0 spiro atoms. The van der Waals surface area contributed by atoms with Gasteiger partial charge >= 0.3 is 0 Å². The van der Waals surface area contributed by atoms with Crippen LogP contribution in [0.4, 0.5) is 0 Å². The van der Waals surface area contributed by atoms with Crippen molar-refractivity contribution in [2.45, 2.75) is 18.4 Å². The maximum atomic E-state index is 11.7. The number of benzene rings is 2. The largest absolute Gasteiger partial charge is 0.296 e. The van der Waals surface area contributed by atoms with Crippen LogP contribution in [0.2, 0.25) is 0 Å². The lowest BCUT2D eigenvalue weighted by Crippen LogP contribution is -2.09. The van der Waals surface area contributed by atoms with Gasteiger partial charge in [0, 0.05) is 16.0 Å². The molecule has 0 saturated carbocycles. The molecule has 0 radical (unpaired) electrons. The number of carbonyl (C=O) groups is 1. The SMILES string of the molecule is CSc1ccc2c(c1)C(c1ccccc1)=NCc1nc(C)c(C=O)n1-2. The Hall–Kier alpha value is -2.66. The maximum Gasteiger partial charge on any atom is 0.168 e. The molecule has 0 bridgehead atoms. The monoisotopic (exact) mass is 347 g/mol. The van der Waals surface area contributed by atoms with Crippen molar-refractivity contribution in [1.29, 1.82) is 0 Å². The Kier molecular flexibility index (Phi) is 4.01. The Morgan fingerprint density at radius 1 is 1.16 bits per heavy atom. The van der Waals surface area contributed by atoms with Crippen molar-refractivity contribution >= 4 is 23.8 Å². The second-order valence-electron chi connectivity index (χ2n) is 5.87. The molecule has 0 N–H and O–H groups in total. The number of hydrogen-bond donors (Lipinski definition) is 0. The van der Waals surface area contributed by atoms with Crippen LogP contribution in [0.15, 0.2) is 58.4 Å². The van der Waals surface area contributed by atoms with E-state index in [1.54, 1.807) is 11.8 Å². The van der Waals surface area contributed by atoms with Crippen LogP contribution in [0.5, 0.6) is 0 Å². The van der Waals surface area contributed by atoms with Crippen LogP contribution in [0.1, 0.15) is 33.1 Å². The van der Waals surface area contributed by atoms with E-state index in [2.05, 4.69) is 41.6 Å². The summed E-state index contributed by atoms with van der Waals surface area (Å²) in [6.07, 6.45) is 2.94. The van der Waals surface area contributed by atoms with Crippen LogP contribution in [0.3, 0.4) is 0 Å². The molecule has 1 aliphatic heterocycles. The lowest BCUT2D eigenvalue weighted by Gasteiger charge is -2.14. The van der Waals surface area contributed by atoms with E-state index in [0.717, 1.165) is 45.2 Å². The topological polar surface area (TPSA) is 47.2 Å². The number of aromatic nitrogens is 2. The molecule has 2 heterocycles. The Morgan fingerprint density at radius 2 is 1.96 bits per heavy atom. The highest BCUT2D eigenvalue weighted by molar-refractivity contribution is 7.98. The summed E-state index contributed by atoms with van der Waals surface area (Å²) >= 11 is 1.69. The molecule has 5 heteroatoms. The van der Waals surface area contributed by atoms with Gasteiger partial charge in [-0.25, -0.2) is 4.98 Å². The van der Waals surface area contributed by atoms with E-state index < -0.39 is 0 Å². The van der Waals surface area contributed by atoms with E-state index >= 15 is 0 Å². The molecular formula is C20H17N3OS. The van der Waals surface area contributed by atoms with Crippen molar-refractivity contribution in [1.82, 2.24) is 9.55 Å². The fourth-order valence-corrected chi connectivity index (χ4v) is 3.66. The first-order chi connectivity index (χ1) is 12.2. The van der Waals surface area contributed by atoms with Crippen molar-refractivity contribution < 1.29 is 4.79 Å². The molecule has 0 aliphatic carbocycles. The van der Waals surface area contributed by atoms with Gasteiger partial charge in [-0.1, -0.05) is 30.3 Å². The molecule has 2 aromatic carbocycles. The molecule has 3 aromatic rings. The zero-order valence-electron chi connectivity index (χ0n) is 14.1. The minimum absolute atomic E-state index is 0.447. The number of aliphatic imine (C=N–C) groups is 1. The number of rotatable bonds is 3. The highest BCUT2D eigenvalue weighted by atomic mass is 32.2. The second-order valence-corrected chi connectivity index (χ2v) is 6.75. The first-order valence-corrected chi connectivity index (χ1v) is 9.27. The van der Waals surface area contributed by atoms with Crippen LogP contribution >= 0.6 is 11.8 Å². The number of aldehydes is 1. The quantitative estimate of drug-likeness (QED) is 0.530. The highest BCUT2D eigenvalue weighted by Gasteiger charge is 2.23. The van der Waals surface area contributed by atoms with Crippen molar-refractivity contribution in [2.24, 2.45) is 4.99 Å². The molecule has 25 heavy (non-hydrogen) atoms. The average molecular weight is 347 g/mol. The van der Waals surface area contributed by atoms with E-state index in [1.807, 2.05) is 29.7 Å². The third-order valence-electron chi connectivity index (χ3n) is 4.40. The number of fused-ring (bicyclic) bond motifs is 3. The fraction of sp³-hybridized carbons (Fsp3) is 0.150. The zero-order chi connectivity index (χ0) is 17.4. The fourth-order valence-electron chi connectivity index (χ4n) is 3.22. The van der Waals surface area contributed by atoms with Crippen LogP contribution in [0, 0.1) is 6.92 Å². The van der Waals surface area contributed by atoms with Crippen LogP contribution in [0.25, 0.3) is 5.69 Å². The van der Waals surface area contributed by atoms with Gasteiger partial charge in [-0.3, -0.25) is 14.4 Å². The van der Waals surface area contributed by atoms with Crippen molar-refractivity contribution in [3.63, 3.8) is 0 Å². The molecule has 0 saturated heterocycles. The third-order valence-corrected chi connectivity index (χ3v) is 5.13. The zero-order valence-corrected chi connectivity index (χ0v) is 14.9. The van der Waals surface area contributed by atoms with Gasteiger partial charge in [-0.05, 0) is 31.4 Å². The van der Waals surface area contributed by atoms with E-state index in [9.17, 15) is 4.79 Å².